The molecule has 1 heterocycles. The Bertz CT molecular complexity index is 462. The van der Waals surface area contributed by atoms with Crippen LogP contribution >= 0.6 is 12.2 Å². The second kappa shape index (κ2) is 3.73. The maximum atomic E-state index is 11.5. The first-order valence-electron chi connectivity index (χ1n) is 5.20. The van der Waals surface area contributed by atoms with Gasteiger partial charge in [0.1, 0.15) is 5.54 Å². The molecule has 0 aliphatic rings. The molecule has 1 rings (SSSR count). The molecule has 0 aromatic carbocycles. The van der Waals surface area contributed by atoms with Gasteiger partial charge in [-0.15, -0.1) is 0 Å². The molecule has 0 atom stereocenters. The standard InChI is InChI=1S/C11H19N3OS/c1-10(2,3)7-6-13-9(16)14(7)11(4,5)8(12)15/h6H,1-5H3,(H2,12,15)(H,13,16). The van der Waals surface area contributed by atoms with E-state index in [4.69, 9.17) is 18.0 Å². The summed E-state index contributed by atoms with van der Waals surface area (Å²) in [6, 6.07) is 0. The fourth-order valence-electron chi connectivity index (χ4n) is 1.59. The predicted octanol–water partition coefficient (Wildman–Crippen LogP) is 2.06. The summed E-state index contributed by atoms with van der Waals surface area (Å²) in [6.45, 7) is 9.75. The number of carbonyl (C=O) groups excluding carboxylic acids is 1. The van der Waals surface area contributed by atoms with Crippen LogP contribution in [0.1, 0.15) is 40.3 Å². The molecule has 1 aromatic rings. The van der Waals surface area contributed by atoms with E-state index in [0.717, 1.165) is 5.69 Å². The lowest BCUT2D eigenvalue weighted by Crippen LogP contribution is -2.43. The van der Waals surface area contributed by atoms with Gasteiger partial charge in [-0.25, -0.2) is 0 Å². The van der Waals surface area contributed by atoms with Crippen LogP contribution in [0.2, 0.25) is 0 Å². The van der Waals surface area contributed by atoms with Gasteiger partial charge in [0.2, 0.25) is 5.91 Å². The Kier molecular flexibility index (Phi) is 3.02. The van der Waals surface area contributed by atoms with Crippen molar-refractivity contribution in [2.45, 2.75) is 45.6 Å². The molecular formula is C11H19N3OS. The second-order valence-corrected chi connectivity index (χ2v) is 5.87. The Morgan fingerprint density at radius 1 is 1.38 bits per heavy atom. The first kappa shape index (κ1) is 13.0. The molecule has 16 heavy (non-hydrogen) atoms. The number of aromatic amines is 1. The van der Waals surface area contributed by atoms with Crippen LogP contribution < -0.4 is 5.73 Å². The van der Waals surface area contributed by atoms with Crippen LogP contribution in [0.3, 0.4) is 0 Å². The number of nitrogens with two attached hydrogens (primary N) is 1. The van der Waals surface area contributed by atoms with Gasteiger partial charge < -0.3 is 15.3 Å². The molecule has 0 saturated heterocycles. The molecule has 0 aliphatic heterocycles. The number of hydrogen-bond donors (Lipinski definition) is 2. The van der Waals surface area contributed by atoms with E-state index < -0.39 is 11.4 Å². The van der Waals surface area contributed by atoms with E-state index in [-0.39, 0.29) is 5.41 Å². The molecule has 90 valence electrons. The highest BCUT2D eigenvalue weighted by Crippen LogP contribution is 2.27. The normalized spacial score (nSPS) is 12.8. The third-order valence-electron chi connectivity index (χ3n) is 2.71. The van der Waals surface area contributed by atoms with Crippen molar-refractivity contribution in [3.8, 4) is 0 Å². The quantitative estimate of drug-likeness (QED) is 0.778. The summed E-state index contributed by atoms with van der Waals surface area (Å²) >= 11 is 5.21. The highest BCUT2D eigenvalue weighted by molar-refractivity contribution is 7.71. The number of imidazole rings is 1. The van der Waals surface area contributed by atoms with E-state index in [1.807, 2.05) is 6.20 Å². The lowest BCUT2D eigenvalue weighted by molar-refractivity contribution is -0.125. The van der Waals surface area contributed by atoms with Gasteiger partial charge in [0.15, 0.2) is 4.77 Å². The predicted molar refractivity (Wildman–Crippen MR) is 66.8 cm³/mol. The van der Waals surface area contributed by atoms with Crippen molar-refractivity contribution in [2.24, 2.45) is 5.73 Å². The number of carbonyl (C=O) groups is 1. The molecule has 3 N–H and O–H groups in total. The topological polar surface area (TPSA) is 63.8 Å². The highest BCUT2D eigenvalue weighted by Gasteiger charge is 2.33. The van der Waals surface area contributed by atoms with Crippen molar-refractivity contribution in [1.29, 1.82) is 0 Å². The fraction of sp³-hybridized carbons (Fsp3) is 0.636. The molecule has 0 aliphatic carbocycles. The lowest BCUT2D eigenvalue weighted by atomic mass is 9.91. The maximum absolute atomic E-state index is 11.5. The average molecular weight is 241 g/mol. The van der Waals surface area contributed by atoms with Gasteiger partial charge in [-0.05, 0) is 26.1 Å². The van der Waals surface area contributed by atoms with E-state index in [9.17, 15) is 4.79 Å². The second-order valence-electron chi connectivity index (χ2n) is 5.49. The Hall–Kier alpha value is -1.10. The number of rotatable bonds is 2. The summed E-state index contributed by atoms with van der Waals surface area (Å²) in [5.74, 6) is -0.395. The summed E-state index contributed by atoms with van der Waals surface area (Å²) in [5.41, 5.74) is 5.48. The molecule has 4 nitrogen and oxygen atoms in total. The van der Waals surface area contributed by atoms with E-state index in [1.165, 1.54) is 0 Å². The Balaban J connectivity index is 3.51. The van der Waals surface area contributed by atoms with Gasteiger partial charge in [0.25, 0.3) is 0 Å². The number of hydrogen-bond acceptors (Lipinski definition) is 2. The van der Waals surface area contributed by atoms with Gasteiger partial charge >= 0.3 is 0 Å². The van der Waals surface area contributed by atoms with Gasteiger partial charge in [0, 0.05) is 17.3 Å². The van der Waals surface area contributed by atoms with Gasteiger partial charge in [0.05, 0.1) is 0 Å². The summed E-state index contributed by atoms with van der Waals surface area (Å²) in [5, 5.41) is 0. The van der Waals surface area contributed by atoms with Crippen LogP contribution in [0.5, 0.6) is 0 Å². The Morgan fingerprint density at radius 2 is 1.88 bits per heavy atom. The smallest absolute Gasteiger partial charge is 0.243 e. The van der Waals surface area contributed by atoms with Gasteiger partial charge in [-0.1, -0.05) is 20.8 Å². The molecule has 0 unspecified atom stereocenters. The zero-order valence-electron chi connectivity index (χ0n) is 10.4. The van der Waals surface area contributed by atoms with Crippen LogP contribution in [0.4, 0.5) is 0 Å². The Labute approximate surface area is 101 Å². The molecule has 0 saturated carbocycles. The van der Waals surface area contributed by atoms with Crippen LogP contribution in [-0.4, -0.2) is 15.5 Å². The number of nitrogens with zero attached hydrogens (tertiary/aromatic N) is 1. The lowest BCUT2D eigenvalue weighted by Gasteiger charge is -2.29. The van der Waals surface area contributed by atoms with Crippen LogP contribution in [0, 0.1) is 4.77 Å². The van der Waals surface area contributed by atoms with Gasteiger partial charge in [-0.3, -0.25) is 4.79 Å². The summed E-state index contributed by atoms with van der Waals surface area (Å²) in [4.78, 5) is 14.5. The zero-order valence-corrected chi connectivity index (χ0v) is 11.2. The van der Waals surface area contributed by atoms with Crippen molar-refractivity contribution < 1.29 is 4.79 Å². The molecule has 0 radical (unpaired) electrons. The molecule has 0 bridgehead atoms. The minimum atomic E-state index is -0.820. The minimum absolute atomic E-state index is 0.0969. The Morgan fingerprint density at radius 3 is 2.25 bits per heavy atom. The molecule has 1 aromatic heterocycles. The van der Waals surface area contributed by atoms with E-state index in [2.05, 4.69) is 25.8 Å². The number of primary amides is 1. The number of H-pyrrole nitrogens is 1. The third kappa shape index (κ3) is 2.04. The zero-order chi connectivity index (χ0) is 12.7. The fourth-order valence-corrected chi connectivity index (χ4v) is 1.97. The minimum Gasteiger partial charge on any atom is -0.368 e. The van der Waals surface area contributed by atoms with E-state index >= 15 is 0 Å². The third-order valence-corrected chi connectivity index (χ3v) is 3.01. The SMILES string of the molecule is CC(C)(C)c1c[nH]c(=S)n1C(C)(C)C(N)=O. The van der Waals surface area contributed by atoms with Crippen LogP contribution in [0.15, 0.2) is 6.20 Å². The first-order valence-corrected chi connectivity index (χ1v) is 5.60. The van der Waals surface area contributed by atoms with Crippen molar-refractivity contribution in [3.63, 3.8) is 0 Å². The van der Waals surface area contributed by atoms with E-state index in [1.54, 1.807) is 18.4 Å². The van der Waals surface area contributed by atoms with Crippen molar-refractivity contribution >= 4 is 18.1 Å². The summed E-state index contributed by atoms with van der Waals surface area (Å²) < 4.78 is 2.32. The van der Waals surface area contributed by atoms with Crippen LogP contribution in [-0.2, 0) is 15.7 Å². The summed E-state index contributed by atoms with van der Waals surface area (Å²) in [6.07, 6.45) is 1.84. The molecular weight excluding hydrogens is 222 g/mol. The average Bonchev–Trinajstić information content (AvgIpc) is 2.46. The maximum Gasteiger partial charge on any atom is 0.243 e. The largest absolute Gasteiger partial charge is 0.368 e. The number of amides is 1. The monoisotopic (exact) mass is 241 g/mol. The number of aromatic nitrogens is 2. The van der Waals surface area contributed by atoms with Gasteiger partial charge in [-0.2, -0.15) is 0 Å². The first-order chi connectivity index (χ1) is 7.08. The molecule has 1 amide bonds. The highest BCUT2D eigenvalue weighted by atomic mass is 32.1. The van der Waals surface area contributed by atoms with Crippen molar-refractivity contribution in [1.82, 2.24) is 9.55 Å². The summed E-state index contributed by atoms with van der Waals surface area (Å²) in [7, 11) is 0. The molecule has 0 spiro atoms. The van der Waals surface area contributed by atoms with Crippen LogP contribution in [0.25, 0.3) is 0 Å². The van der Waals surface area contributed by atoms with Crippen molar-refractivity contribution in [2.75, 3.05) is 0 Å². The number of nitrogens with one attached hydrogen (secondary N) is 1. The molecule has 5 heteroatoms. The van der Waals surface area contributed by atoms with E-state index in [0.29, 0.717) is 4.77 Å². The van der Waals surface area contributed by atoms with Crippen molar-refractivity contribution in [3.05, 3.63) is 16.7 Å². The molecule has 0 fully saturated rings.